The molecule has 8 nitrogen and oxygen atoms in total. The maximum Gasteiger partial charge on any atom is 0.251 e. The number of pyridine rings is 1. The second kappa shape index (κ2) is 12.8. The normalized spacial score (nSPS) is 21.8. The smallest absolute Gasteiger partial charge is 0.251 e. The zero-order valence-electron chi connectivity index (χ0n) is 22.8. The van der Waals surface area contributed by atoms with E-state index in [0.29, 0.717) is 31.1 Å². The fourth-order valence-electron chi connectivity index (χ4n) is 6.00. The molecule has 3 aliphatic heterocycles. The molecule has 2 atom stereocenters. The van der Waals surface area contributed by atoms with Crippen LogP contribution in [0.25, 0.3) is 0 Å². The number of nitrogens with one attached hydrogen (secondary N) is 2. The first-order chi connectivity index (χ1) is 19.0. The van der Waals surface area contributed by atoms with Crippen LogP contribution in [0.1, 0.15) is 60.9 Å². The van der Waals surface area contributed by atoms with Crippen LogP contribution in [0.4, 0.5) is 10.2 Å². The van der Waals surface area contributed by atoms with Gasteiger partial charge in [0.05, 0.1) is 18.8 Å². The Hall–Kier alpha value is -3.20. The van der Waals surface area contributed by atoms with Gasteiger partial charge in [0, 0.05) is 44.3 Å². The molecule has 1 aromatic carbocycles. The molecular formula is C30H40FN5O3. The van der Waals surface area contributed by atoms with Gasteiger partial charge in [0.25, 0.3) is 5.91 Å². The van der Waals surface area contributed by atoms with E-state index in [1.807, 2.05) is 30.0 Å². The molecule has 3 aliphatic rings. The molecule has 2 amide bonds. The third kappa shape index (κ3) is 7.06. The molecule has 2 aromatic rings. The fourth-order valence-corrected chi connectivity index (χ4v) is 6.00. The summed E-state index contributed by atoms with van der Waals surface area (Å²) in [4.78, 5) is 33.9. The standard InChI is InChI=1S/C30H40FN5O3/c1-21-17-25(39-16-4-5-22-10-14-35(15-11-22)28-9-6-23(31)19-33-28)7-8-26(21)29(37)34-24-18-27(32-20-24)30(38)36-12-2-3-13-36/h6-9,17,19,22,24,27,32H,2-5,10-16,18,20H2,1H3,(H,34,37)/t24-,27-/m0/s1. The predicted octanol–water partition coefficient (Wildman–Crippen LogP) is 3.69. The molecule has 39 heavy (non-hydrogen) atoms. The summed E-state index contributed by atoms with van der Waals surface area (Å²) >= 11 is 0. The van der Waals surface area contributed by atoms with E-state index in [1.54, 1.807) is 6.07 Å². The molecule has 210 valence electrons. The summed E-state index contributed by atoms with van der Waals surface area (Å²) in [6.07, 6.45) is 8.36. The van der Waals surface area contributed by atoms with Gasteiger partial charge >= 0.3 is 0 Å². The summed E-state index contributed by atoms with van der Waals surface area (Å²) < 4.78 is 19.1. The number of likely N-dealkylation sites (tertiary alicyclic amines) is 1. The summed E-state index contributed by atoms with van der Waals surface area (Å²) in [5.74, 6) is 2.04. The number of benzene rings is 1. The zero-order valence-corrected chi connectivity index (χ0v) is 22.8. The number of nitrogens with zero attached hydrogens (tertiary/aromatic N) is 3. The number of piperidine rings is 1. The molecule has 0 bridgehead atoms. The minimum Gasteiger partial charge on any atom is -0.494 e. The van der Waals surface area contributed by atoms with Crippen LogP contribution in [-0.2, 0) is 4.79 Å². The SMILES string of the molecule is Cc1cc(OCCCC2CCN(c3ccc(F)cn3)CC2)ccc1C(=O)N[C@@H]1CN[C@H](C(=O)N2CCCC2)C1. The molecular weight excluding hydrogens is 497 g/mol. The minimum atomic E-state index is -0.302. The number of carbonyl (C=O) groups is 2. The lowest BCUT2D eigenvalue weighted by Crippen LogP contribution is -2.42. The molecule has 2 N–H and O–H groups in total. The van der Waals surface area contributed by atoms with Gasteiger partial charge in [0.1, 0.15) is 17.4 Å². The number of aromatic nitrogens is 1. The van der Waals surface area contributed by atoms with Crippen molar-refractivity contribution in [2.75, 3.05) is 44.2 Å². The highest BCUT2D eigenvalue weighted by molar-refractivity contribution is 5.96. The lowest BCUT2D eigenvalue weighted by atomic mass is 9.92. The number of rotatable bonds is 9. The Kier molecular flexibility index (Phi) is 8.96. The van der Waals surface area contributed by atoms with Gasteiger partial charge in [-0.1, -0.05) is 0 Å². The summed E-state index contributed by atoms with van der Waals surface area (Å²) in [6.45, 7) is 6.76. The second-order valence-electron chi connectivity index (χ2n) is 11.1. The van der Waals surface area contributed by atoms with E-state index in [4.69, 9.17) is 4.74 Å². The highest BCUT2D eigenvalue weighted by atomic mass is 19.1. The van der Waals surface area contributed by atoms with E-state index < -0.39 is 0 Å². The van der Waals surface area contributed by atoms with Crippen molar-refractivity contribution in [3.05, 3.63) is 53.5 Å². The zero-order chi connectivity index (χ0) is 27.2. The molecule has 1 aromatic heterocycles. The number of halogens is 1. The van der Waals surface area contributed by atoms with Crippen LogP contribution < -0.4 is 20.3 Å². The number of hydrogen-bond donors (Lipinski definition) is 2. The molecule has 0 radical (unpaired) electrons. The highest BCUT2D eigenvalue weighted by Gasteiger charge is 2.34. The van der Waals surface area contributed by atoms with Gasteiger partial charge in [-0.3, -0.25) is 9.59 Å². The lowest BCUT2D eigenvalue weighted by molar-refractivity contribution is -0.132. The average Bonchev–Trinajstić information content (AvgIpc) is 3.65. The van der Waals surface area contributed by atoms with E-state index in [2.05, 4.69) is 20.5 Å². The number of anilines is 1. The monoisotopic (exact) mass is 537 g/mol. The van der Waals surface area contributed by atoms with Gasteiger partial charge in [-0.05, 0) is 93.7 Å². The van der Waals surface area contributed by atoms with Crippen LogP contribution in [0.5, 0.6) is 5.75 Å². The number of aryl methyl sites for hydroxylation is 1. The number of ether oxygens (including phenoxy) is 1. The van der Waals surface area contributed by atoms with Gasteiger partial charge in [-0.25, -0.2) is 9.37 Å². The Labute approximate surface area is 230 Å². The van der Waals surface area contributed by atoms with Crippen LogP contribution in [0.2, 0.25) is 0 Å². The van der Waals surface area contributed by atoms with E-state index in [9.17, 15) is 14.0 Å². The van der Waals surface area contributed by atoms with Crippen LogP contribution in [0.15, 0.2) is 36.5 Å². The maximum absolute atomic E-state index is 13.1. The number of amides is 2. The molecule has 5 rings (SSSR count). The molecule has 0 saturated carbocycles. The first kappa shape index (κ1) is 27.4. The van der Waals surface area contributed by atoms with Crippen LogP contribution >= 0.6 is 0 Å². The summed E-state index contributed by atoms with van der Waals surface area (Å²) in [6, 6.07) is 8.58. The van der Waals surface area contributed by atoms with Crippen LogP contribution in [0, 0.1) is 18.7 Å². The topological polar surface area (TPSA) is 86.8 Å². The van der Waals surface area contributed by atoms with Crippen molar-refractivity contribution in [1.82, 2.24) is 20.5 Å². The molecule has 3 fully saturated rings. The molecule has 3 saturated heterocycles. The van der Waals surface area contributed by atoms with Crippen molar-refractivity contribution in [3.63, 3.8) is 0 Å². The first-order valence-corrected chi connectivity index (χ1v) is 14.4. The number of carbonyl (C=O) groups excluding carboxylic acids is 2. The van der Waals surface area contributed by atoms with Crippen molar-refractivity contribution < 1.29 is 18.7 Å². The van der Waals surface area contributed by atoms with Crippen LogP contribution in [0.3, 0.4) is 0 Å². The predicted molar refractivity (Wildman–Crippen MR) is 149 cm³/mol. The Morgan fingerprint density at radius 1 is 1.13 bits per heavy atom. The average molecular weight is 538 g/mol. The molecule has 4 heterocycles. The van der Waals surface area contributed by atoms with E-state index >= 15 is 0 Å². The van der Waals surface area contributed by atoms with Crippen molar-refractivity contribution in [2.45, 2.75) is 64.0 Å². The fraction of sp³-hybridized carbons (Fsp3) is 0.567. The third-order valence-corrected chi connectivity index (χ3v) is 8.30. The molecule has 0 unspecified atom stereocenters. The molecule has 9 heteroatoms. The summed E-state index contributed by atoms with van der Waals surface area (Å²) in [5, 5.41) is 6.38. The maximum atomic E-state index is 13.1. The van der Waals surface area contributed by atoms with Gasteiger partial charge in [0.2, 0.25) is 5.91 Å². The van der Waals surface area contributed by atoms with E-state index in [-0.39, 0.29) is 29.7 Å². The summed E-state index contributed by atoms with van der Waals surface area (Å²) in [7, 11) is 0. The molecule has 0 spiro atoms. The lowest BCUT2D eigenvalue weighted by Gasteiger charge is -2.32. The summed E-state index contributed by atoms with van der Waals surface area (Å²) in [5.41, 5.74) is 1.52. The largest absolute Gasteiger partial charge is 0.494 e. The van der Waals surface area contributed by atoms with E-state index in [1.165, 1.54) is 12.3 Å². The van der Waals surface area contributed by atoms with Crippen molar-refractivity contribution in [2.24, 2.45) is 5.92 Å². The van der Waals surface area contributed by atoms with Crippen molar-refractivity contribution >= 4 is 17.6 Å². The van der Waals surface area contributed by atoms with Crippen molar-refractivity contribution in [1.29, 1.82) is 0 Å². The van der Waals surface area contributed by atoms with Gasteiger partial charge in [-0.2, -0.15) is 0 Å². The minimum absolute atomic E-state index is 0.0526. The van der Waals surface area contributed by atoms with Gasteiger partial charge in [-0.15, -0.1) is 0 Å². The quantitative estimate of drug-likeness (QED) is 0.475. The Bertz CT molecular complexity index is 1130. The van der Waals surface area contributed by atoms with Crippen molar-refractivity contribution in [3.8, 4) is 5.75 Å². The third-order valence-electron chi connectivity index (χ3n) is 8.30. The Balaban J connectivity index is 1.01. The second-order valence-corrected chi connectivity index (χ2v) is 11.1. The molecule has 0 aliphatic carbocycles. The van der Waals surface area contributed by atoms with Gasteiger partial charge < -0.3 is 25.2 Å². The Morgan fingerprint density at radius 3 is 2.64 bits per heavy atom. The highest BCUT2D eigenvalue weighted by Crippen LogP contribution is 2.26. The number of hydrogen-bond acceptors (Lipinski definition) is 6. The van der Waals surface area contributed by atoms with Gasteiger partial charge in [0.15, 0.2) is 0 Å². The Morgan fingerprint density at radius 2 is 1.92 bits per heavy atom. The van der Waals surface area contributed by atoms with Crippen LogP contribution in [-0.4, -0.2) is 73.1 Å². The van der Waals surface area contributed by atoms with E-state index in [0.717, 1.165) is 81.8 Å². The first-order valence-electron chi connectivity index (χ1n) is 14.4.